The number of aryl methyl sites for hydroxylation is 1. The van der Waals surface area contributed by atoms with Gasteiger partial charge in [0.25, 0.3) is 0 Å². The predicted molar refractivity (Wildman–Crippen MR) is 83.9 cm³/mol. The molecule has 2 rings (SSSR count). The summed E-state index contributed by atoms with van der Waals surface area (Å²) in [5.41, 5.74) is 1.33. The van der Waals surface area contributed by atoms with E-state index in [1.807, 2.05) is 19.1 Å². The van der Waals surface area contributed by atoms with Crippen LogP contribution in [-0.4, -0.2) is 47.9 Å². The van der Waals surface area contributed by atoms with E-state index in [1.165, 1.54) is 0 Å². The first-order chi connectivity index (χ1) is 10.5. The number of ether oxygens (including phenoxy) is 1. The SMILES string of the molecule is COCCC1(C(=O)O)CCN(Cc2c(C)cccc2O)CC1. The molecule has 1 aliphatic heterocycles. The van der Waals surface area contributed by atoms with Gasteiger partial charge in [0.2, 0.25) is 0 Å². The van der Waals surface area contributed by atoms with Gasteiger partial charge < -0.3 is 14.9 Å². The molecule has 22 heavy (non-hydrogen) atoms. The van der Waals surface area contributed by atoms with Crippen molar-refractivity contribution in [2.75, 3.05) is 26.8 Å². The van der Waals surface area contributed by atoms with Crippen molar-refractivity contribution in [3.05, 3.63) is 29.3 Å². The molecule has 0 amide bonds. The first kappa shape index (κ1) is 16.8. The summed E-state index contributed by atoms with van der Waals surface area (Å²) in [5, 5.41) is 19.6. The van der Waals surface area contributed by atoms with E-state index in [9.17, 15) is 15.0 Å². The zero-order chi connectivity index (χ0) is 16.2. The summed E-state index contributed by atoms with van der Waals surface area (Å²) in [6, 6.07) is 5.52. The van der Waals surface area contributed by atoms with Crippen molar-refractivity contribution in [1.29, 1.82) is 0 Å². The van der Waals surface area contributed by atoms with E-state index in [2.05, 4.69) is 4.90 Å². The summed E-state index contributed by atoms with van der Waals surface area (Å²) in [4.78, 5) is 13.9. The van der Waals surface area contributed by atoms with Gasteiger partial charge in [0.05, 0.1) is 5.41 Å². The third kappa shape index (κ3) is 3.59. The highest BCUT2D eigenvalue weighted by molar-refractivity contribution is 5.74. The minimum absolute atomic E-state index is 0.314. The molecule has 1 aromatic carbocycles. The molecule has 5 nitrogen and oxygen atoms in total. The molecule has 122 valence electrons. The van der Waals surface area contributed by atoms with Gasteiger partial charge in [-0.25, -0.2) is 0 Å². The molecule has 5 heteroatoms. The van der Waals surface area contributed by atoms with Crippen molar-refractivity contribution < 1.29 is 19.7 Å². The number of carboxylic acid groups (broad SMARTS) is 1. The number of methoxy groups -OCH3 is 1. The Bertz CT molecular complexity index is 501. The maximum atomic E-state index is 11.6. The highest BCUT2D eigenvalue weighted by atomic mass is 16.5. The van der Waals surface area contributed by atoms with Crippen LogP contribution in [0.5, 0.6) is 5.75 Å². The lowest BCUT2D eigenvalue weighted by molar-refractivity contribution is -0.153. The van der Waals surface area contributed by atoms with Crippen LogP contribution >= 0.6 is 0 Å². The van der Waals surface area contributed by atoms with Gasteiger partial charge in [0, 0.05) is 25.8 Å². The highest BCUT2D eigenvalue weighted by Crippen LogP contribution is 2.36. The quantitative estimate of drug-likeness (QED) is 0.844. The molecular formula is C17H25NO4. The van der Waals surface area contributed by atoms with Gasteiger partial charge in [-0.1, -0.05) is 12.1 Å². The van der Waals surface area contributed by atoms with Crippen molar-refractivity contribution in [3.8, 4) is 5.75 Å². The summed E-state index contributed by atoms with van der Waals surface area (Å²) < 4.78 is 5.06. The van der Waals surface area contributed by atoms with Gasteiger partial charge in [-0.2, -0.15) is 0 Å². The van der Waals surface area contributed by atoms with Gasteiger partial charge >= 0.3 is 5.97 Å². The number of aromatic hydroxyl groups is 1. The summed E-state index contributed by atoms with van der Waals surface area (Å²) in [7, 11) is 1.60. The third-order valence-electron chi connectivity index (χ3n) is 4.82. The zero-order valence-corrected chi connectivity index (χ0v) is 13.3. The third-order valence-corrected chi connectivity index (χ3v) is 4.82. The fraction of sp³-hybridized carbons (Fsp3) is 0.588. The van der Waals surface area contributed by atoms with Crippen LogP contribution in [0, 0.1) is 12.3 Å². The molecule has 1 aliphatic rings. The van der Waals surface area contributed by atoms with E-state index in [1.54, 1.807) is 13.2 Å². The molecule has 1 aromatic rings. The maximum Gasteiger partial charge on any atom is 0.309 e. The smallest absolute Gasteiger partial charge is 0.309 e. The number of phenols is 1. The van der Waals surface area contributed by atoms with Crippen LogP contribution in [0.4, 0.5) is 0 Å². The van der Waals surface area contributed by atoms with Gasteiger partial charge in [0.1, 0.15) is 5.75 Å². The Morgan fingerprint density at radius 3 is 2.59 bits per heavy atom. The number of phenolic OH excluding ortho intramolecular Hbond substituents is 1. The predicted octanol–water partition coefficient (Wildman–Crippen LogP) is 2.40. The van der Waals surface area contributed by atoms with Crippen LogP contribution in [0.15, 0.2) is 18.2 Å². The summed E-state index contributed by atoms with van der Waals surface area (Å²) in [5.74, 6) is -0.405. The fourth-order valence-electron chi connectivity index (χ4n) is 3.12. The van der Waals surface area contributed by atoms with E-state index in [-0.39, 0.29) is 0 Å². The lowest BCUT2D eigenvalue weighted by atomic mass is 9.76. The number of rotatable bonds is 6. The molecule has 0 aliphatic carbocycles. The number of hydrogen-bond acceptors (Lipinski definition) is 4. The standard InChI is InChI=1S/C17H25NO4/c1-13-4-3-5-15(19)14(13)12-18-9-6-17(7-10-18,16(20)21)8-11-22-2/h3-5,19H,6-12H2,1-2H3,(H,20,21). The minimum Gasteiger partial charge on any atom is -0.508 e. The Balaban J connectivity index is 2.00. The average molecular weight is 307 g/mol. The summed E-state index contributed by atoms with van der Waals surface area (Å²) in [6.07, 6.45) is 1.80. The maximum absolute atomic E-state index is 11.6. The number of carboxylic acids is 1. The van der Waals surface area contributed by atoms with Crippen LogP contribution in [0.1, 0.15) is 30.4 Å². The second-order valence-corrected chi connectivity index (χ2v) is 6.18. The monoisotopic (exact) mass is 307 g/mol. The zero-order valence-electron chi connectivity index (χ0n) is 13.3. The van der Waals surface area contributed by atoms with Crippen LogP contribution in [0.25, 0.3) is 0 Å². The molecule has 0 spiro atoms. The molecule has 0 aromatic heterocycles. The fourth-order valence-corrected chi connectivity index (χ4v) is 3.12. The van der Waals surface area contributed by atoms with E-state index in [0.29, 0.717) is 38.2 Å². The lowest BCUT2D eigenvalue weighted by Gasteiger charge is -2.39. The van der Waals surface area contributed by atoms with E-state index in [0.717, 1.165) is 24.2 Å². The minimum atomic E-state index is -0.720. The molecule has 0 unspecified atom stereocenters. The normalized spacial score (nSPS) is 18.3. The van der Waals surface area contributed by atoms with Gasteiger partial charge in [-0.05, 0) is 50.9 Å². The number of piperidine rings is 1. The van der Waals surface area contributed by atoms with E-state index >= 15 is 0 Å². The van der Waals surface area contributed by atoms with Crippen LogP contribution < -0.4 is 0 Å². The van der Waals surface area contributed by atoms with Gasteiger partial charge in [0.15, 0.2) is 0 Å². The van der Waals surface area contributed by atoms with Crippen molar-refractivity contribution >= 4 is 5.97 Å². The molecule has 0 radical (unpaired) electrons. The largest absolute Gasteiger partial charge is 0.508 e. The number of carbonyl (C=O) groups is 1. The molecule has 0 atom stereocenters. The second kappa shape index (κ2) is 7.11. The Kier molecular flexibility index (Phi) is 5.42. The Hall–Kier alpha value is -1.59. The molecule has 0 saturated carbocycles. The second-order valence-electron chi connectivity index (χ2n) is 6.18. The number of aliphatic carboxylic acids is 1. The first-order valence-corrected chi connectivity index (χ1v) is 7.71. The average Bonchev–Trinajstić information content (AvgIpc) is 2.50. The van der Waals surface area contributed by atoms with Crippen LogP contribution in [0.3, 0.4) is 0 Å². The summed E-state index contributed by atoms with van der Waals surface area (Å²) >= 11 is 0. The Morgan fingerprint density at radius 1 is 1.36 bits per heavy atom. The topological polar surface area (TPSA) is 70.0 Å². The molecule has 1 saturated heterocycles. The molecular weight excluding hydrogens is 282 g/mol. The lowest BCUT2D eigenvalue weighted by Crippen LogP contribution is -2.44. The van der Waals surface area contributed by atoms with Crippen LogP contribution in [-0.2, 0) is 16.1 Å². The number of nitrogens with zero attached hydrogens (tertiary/aromatic N) is 1. The molecule has 0 bridgehead atoms. The van der Waals surface area contributed by atoms with Crippen molar-refractivity contribution in [2.24, 2.45) is 5.41 Å². The van der Waals surface area contributed by atoms with E-state index < -0.39 is 11.4 Å². The van der Waals surface area contributed by atoms with Gasteiger partial charge in [-0.15, -0.1) is 0 Å². The van der Waals surface area contributed by atoms with Crippen molar-refractivity contribution in [3.63, 3.8) is 0 Å². The Morgan fingerprint density at radius 2 is 2.05 bits per heavy atom. The van der Waals surface area contributed by atoms with Crippen molar-refractivity contribution in [2.45, 2.75) is 32.7 Å². The summed E-state index contributed by atoms with van der Waals surface area (Å²) in [6.45, 7) is 4.58. The van der Waals surface area contributed by atoms with E-state index in [4.69, 9.17) is 4.74 Å². The van der Waals surface area contributed by atoms with Crippen LogP contribution in [0.2, 0.25) is 0 Å². The highest BCUT2D eigenvalue weighted by Gasteiger charge is 2.41. The first-order valence-electron chi connectivity index (χ1n) is 7.71. The molecule has 1 heterocycles. The number of benzene rings is 1. The Labute approximate surface area is 131 Å². The molecule has 2 N–H and O–H groups in total. The molecule has 1 fully saturated rings. The van der Waals surface area contributed by atoms with Gasteiger partial charge in [-0.3, -0.25) is 9.69 Å². The van der Waals surface area contributed by atoms with Crippen molar-refractivity contribution in [1.82, 2.24) is 4.90 Å². The number of likely N-dealkylation sites (tertiary alicyclic amines) is 1. The number of hydrogen-bond donors (Lipinski definition) is 2.